The van der Waals surface area contributed by atoms with E-state index in [2.05, 4.69) is 32.2 Å². The third-order valence-electron chi connectivity index (χ3n) is 22.1. The van der Waals surface area contributed by atoms with Crippen LogP contribution in [-0.4, -0.2) is 187 Å². The molecule has 23 nitrogen and oxygen atoms in total. The van der Waals surface area contributed by atoms with E-state index in [1.54, 1.807) is 98.8 Å². The number of anilines is 1. The summed E-state index contributed by atoms with van der Waals surface area (Å²) >= 11 is 0. The van der Waals surface area contributed by atoms with Crippen molar-refractivity contribution in [1.29, 1.82) is 0 Å². The summed E-state index contributed by atoms with van der Waals surface area (Å²) in [6.45, 7) is 2.88. The summed E-state index contributed by atoms with van der Waals surface area (Å²) in [7, 11) is -6.81. The highest BCUT2D eigenvalue weighted by Gasteiger charge is 2.43. The second kappa shape index (κ2) is 38.7. The number of ether oxygens (including phenoxy) is 1. The van der Waals surface area contributed by atoms with Gasteiger partial charge in [-0.2, -0.15) is 4.31 Å². The van der Waals surface area contributed by atoms with Gasteiger partial charge in [-0.3, -0.25) is 29.0 Å². The fraction of sp³-hybridized carbons (Fsp3) is 0.242. The minimum atomic E-state index is -4.83. The average Bonchev–Trinajstić information content (AvgIpc) is 0.876. The number of carbonyl (C=O) groups is 5. The minimum absolute atomic E-state index is 0.0215. The van der Waals surface area contributed by atoms with Gasteiger partial charge in [-0.25, -0.2) is 13.2 Å². The number of sulfonamides is 1. The molecule has 1 aliphatic heterocycles. The van der Waals surface area contributed by atoms with E-state index < -0.39 is 105 Å². The predicted octanol–water partition coefficient (Wildman–Crippen LogP) is 5.59. The first kappa shape index (κ1) is 84.3. The molecular formula is C91H96B3N9O14S. The molecule has 10 N–H and O–H groups in total. The highest BCUT2D eigenvalue weighted by Crippen LogP contribution is 2.45. The fourth-order valence-electron chi connectivity index (χ4n) is 16.4. The number of hydrogen-bond acceptors (Lipinski definition) is 17. The van der Waals surface area contributed by atoms with Crippen molar-refractivity contribution >= 4 is 126 Å². The van der Waals surface area contributed by atoms with Crippen molar-refractivity contribution in [2.75, 3.05) is 64.9 Å². The molecule has 1 saturated heterocycles. The molecule has 118 heavy (non-hydrogen) atoms. The van der Waals surface area contributed by atoms with Crippen molar-refractivity contribution in [3.8, 4) is 11.1 Å². The maximum absolute atomic E-state index is 16.0. The molecule has 604 valence electrons. The Kier molecular flexibility index (Phi) is 27.6. The second-order valence-electron chi connectivity index (χ2n) is 30.0. The number of amides is 5. The zero-order valence-electron chi connectivity index (χ0n) is 66.3. The van der Waals surface area contributed by atoms with Crippen molar-refractivity contribution in [3.63, 3.8) is 0 Å². The molecule has 3 unspecified atom stereocenters. The molecule has 1 heterocycles. The minimum Gasteiger partial charge on any atom is -0.449 e. The number of allylic oxidation sites excluding steroid dienone is 1. The Morgan fingerprint density at radius 3 is 1.63 bits per heavy atom. The van der Waals surface area contributed by atoms with E-state index in [4.69, 9.17) is 4.74 Å². The van der Waals surface area contributed by atoms with Crippen LogP contribution in [0.1, 0.15) is 71.6 Å². The quantitative estimate of drug-likeness (QED) is 0.0177. The van der Waals surface area contributed by atoms with Crippen molar-refractivity contribution in [3.05, 3.63) is 298 Å². The normalized spacial score (nSPS) is 14.7. The predicted molar refractivity (Wildman–Crippen MR) is 465 cm³/mol. The summed E-state index contributed by atoms with van der Waals surface area (Å²) < 4.78 is 38.9. The molecule has 11 aromatic carbocycles. The Balaban J connectivity index is 0.824. The Bertz CT molecular complexity index is 5690. The zero-order chi connectivity index (χ0) is 83.2. The molecule has 5 amide bonds. The maximum Gasteiger partial charge on any atom is 0.488 e. The van der Waals surface area contributed by atoms with Crippen LogP contribution in [-0.2, 0) is 66.7 Å². The lowest BCUT2D eigenvalue weighted by Crippen LogP contribution is -2.52. The summed E-state index contributed by atoms with van der Waals surface area (Å²) in [6, 6.07) is 68.7. The molecule has 0 radical (unpaired) electrons. The molecule has 13 rings (SSSR count). The Morgan fingerprint density at radius 2 is 1.05 bits per heavy atom. The van der Waals surface area contributed by atoms with Crippen LogP contribution in [0, 0.1) is 0 Å². The topological polar surface area (TPSA) is 314 Å². The van der Waals surface area contributed by atoms with Gasteiger partial charge in [0, 0.05) is 108 Å². The van der Waals surface area contributed by atoms with Crippen molar-refractivity contribution in [2.45, 2.75) is 83.5 Å². The first-order valence-corrected chi connectivity index (χ1v) is 41.0. The van der Waals surface area contributed by atoms with E-state index in [1.165, 1.54) is 23.1 Å². The number of benzene rings is 11. The van der Waals surface area contributed by atoms with Crippen LogP contribution in [0.4, 0.5) is 10.5 Å². The SMILES string of the molecule is CC=CC(=c1cccc(N(C)C)c1=CC)S(=O)(=O)N(CC(=O)N1CC(NC(=O)C(CC(=O)NCCN(Cc2ccccc2B(O)O)Cc2cccc3ccccc23)NC(=O)OCC2c3ccccc3-c3ccccc32)CC1C(=O)NCCN(Cc1ccccc1B(O)O)Cc1c2ccccc2cc2ccccc12)Cc1ccccc1B(O)O. The second-order valence-corrected chi connectivity index (χ2v) is 31.9. The number of carbonyl (C=O) groups excluding carboxylic acids is 5. The van der Waals surface area contributed by atoms with Gasteiger partial charge in [0.15, 0.2) is 0 Å². The highest BCUT2D eigenvalue weighted by atomic mass is 32.2. The van der Waals surface area contributed by atoms with Crippen LogP contribution in [0.25, 0.3) is 54.4 Å². The van der Waals surface area contributed by atoms with Crippen LogP contribution in [0.5, 0.6) is 0 Å². The third-order valence-corrected chi connectivity index (χ3v) is 24.0. The summed E-state index contributed by atoms with van der Waals surface area (Å²) in [4.78, 5) is 83.1. The van der Waals surface area contributed by atoms with E-state index in [9.17, 15) is 39.7 Å². The number of hydrogen-bond donors (Lipinski definition) is 10. The molecule has 3 atom stereocenters. The monoisotopic (exact) mass is 1600 g/mol. The Morgan fingerprint density at radius 1 is 0.559 bits per heavy atom. The molecule has 1 aliphatic carbocycles. The number of rotatable bonds is 33. The summed E-state index contributed by atoms with van der Waals surface area (Å²) in [5.74, 6) is -3.49. The van der Waals surface area contributed by atoms with E-state index in [0.29, 0.717) is 45.8 Å². The van der Waals surface area contributed by atoms with E-state index >= 15 is 22.8 Å². The van der Waals surface area contributed by atoms with Crippen LogP contribution >= 0.6 is 0 Å². The van der Waals surface area contributed by atoms with Gasteiger partial charge < -0.3 is 65.9 Å². The average molecular weight is 1600 g/mol. The number of alkyl carbamates (subject to hydrolysis) is 1. The lowest BCUT2D eigenvalue weighted by molar-refractivity contribution is -0.138. The molecular weight excluding hydrogens is 1510 g/mol. The van der Waals surface area contributed by atoms with Gasteiger partial charge in [0.25, 0.3) is 0 Å². The molecule has 0 bridgehead atoms. The molecule has 27 heteroatoms. The van der Waals surface area contributed by atoms with Gasteiger partial charge >= 0.3 is 27.4 Å². The smallest absolute Gasteiger partial charge is 0.449 e. The van der Waals surface area contributed by atoms with E-state index in [1.807, 2.05) is 169 Å². The van der Waals surface area contributed by atoms with Gasteiger partial charge in [-0.05, 0) is 137 Å². The Labute approximate surface area is 687 Å². The van der Waals surface area contributed by atoms with Gasteiger partial charge in [-0.15, -0.1) is 0 Å². The largest absolute Gasteiger partial charge is 0.488 e. The van der Waals surface area contributed by atoms with Crippen molar-refractivity contribution in [1.82, 2.24) is 40.3 Å². The van der Waals surface area contributed by atoms with E-state index in [0.717, 1.165) is 70.0 Å². The zero-order valence-corrected chi connectivity index (χ0v) is 67.1. The lowest BCUT2D eigenvalue weighted by Gasteiger charge is -2.29. The van der Waals surface area contributed by atoms with Crippen molar-refractivity contribution < 1.29 is 67.3 Å². The number of nitrogens with one attached hydrogen (secondary N) is 4. The molecule has 0 aromatic heterocycles. The third kappa shape index (κ3) is 19.6. The first-order valence-electron chi connectivity index (χ1n) is 39.5. The van der Waals surface area contributed by atoms with Crippen LogP contribution in [0.15, 0.2) is 249 Å². The molecule has 0 spiro atoms. The van der Waals surface area contributed by atoms with Gasteiger partial charge in [0.1, 0.15) is 18.7 Å². The summed E-state index contributed by atoms with van der Waals surface area (Å²) in [5, 5.41) is 82.3. The van der Waals surface area contributed by atoms with Crippen LogP contribution < -0.4 is 53.0 Å². The molecule has 0 saturated carbocycles. The van der Waals surface area contributed by atoms with Gasteiger partial charge in [-0.1, -0.05) is 237 Å². The first-order chi connectivity index (χ1) is 57.1. The van der Waals surface area contributed by atoms with Gasteiger partial charge in [0.2, 0.25) is 33.7 Å². The van der Waals surface area contributed by atoms with E-state index in [-0.39, 0.29) is 79.6 Å². The molecule has 11 aromatic rings. The summed E-state index contributed by atoms with van der Waals surface area (Å²) in [5.41, 5.74) is 8.43. The highest BCUT2D eigenvalue weighted by molar-refractivity contribution is 7.98. The number of likely N-dealkylation sites (tertiary alicyclic amines) is 1. The van der Waals surface area contributed by atoms with Gasteiger partial charge in [0.05, 0.1) is 17.9 Å². The van der Waals surface area contributed by atoms with Crippen molar-refractivity contribution in [2.24, 2.45) is 0 Å². The van der Waals surface area contributed by atoms with Crippen LogP contribution in [0.3, 0.4) is 0 Å². The Hall–Kier alpha value is -11.6. The lowest BCUT2D eigenvalue weighted by atomic mass is 9.77. The standard InChI is InChI=1S/C91H96B3N9O14S/c1-5-25-86(77-41-24-45-84(99(3)4)69(77)6-2)118(115,116)102(56-67-31-12-22-44-82(67)94(113)114)59-88(105)103-57-68(51-85(103)90(107)96-47-49-101(55-66-30-11-21-43-81(66)93(111)112)58-78-71-35-14-8-27-62(71)50-63-28-9-15-36-72(63)78)97-89(106)83(98-91(108)117-60-79-75-39-18-16-37-73(75)74-38-17-19-40-76(74)79)52-87(104)95-46-48-100(54-65-29-10-20-42-80(65)92(109)110)53-64-33-23-32-61-26-7-13-34-70(61)64/h5-45,50,68,79,83,85,109-114H,46-49,51-60H2,1-4H3,(H,95,104)(H,96,107)(H,97,106)(H,98,108). The summed E-state index contributed by atoms with van der Waals surface area (Å²) in [6.07, 6.45) is 2.84. The molecule has 2 aliphatic rings. The number of fused-ring (bicyclic) bond motifs is 6. The van der Waals surface area contributed by atoms with Crippen LogP contribution in [0.2, 0.25) is 0 Å². The fourth-order valence-corrected chi connectivity index (χ4v) is 18.1. The maximum atomic E-state index is 16.0. The number of nitrogens with zero attached hydrogens (tertiary/aromatic N) is 5. The molecule has 1 fully saturated rings.